The lowest BCUT2D eigenvalue weighted by Gasteiger charge is -2.13. The van der Waals surface area contributed by atoms with Crippen molar-refractivity contribution in [3.63, 3.8) is 0 Å². The van der Waals surface area contributed by atoms with E-state index >= 15 is 0 Å². The molecule has 0 radical (unpaired) electrons. The van der Waals surface area contributed by atoms with Crippen LogP contribution in [0.5, 0.6) is 5.75 Å². The fourth-order valence-corrected chi connectivity index (χ4v) is 2.45. The number of ether oxygens (including phenoxy) is 1. The van der Waals surface area contributed by atoms with E-state index in [-0.39, 0.29) is 36.3 Å². The summed E-state index contributed by atoms with van der Waals surface area (Å²) in [5.74, 6) is 0.652. The lowest BCUT2D eigenvalue weighted by Crippen LogP contribution is -2.38. The summed E-state index contributed by atoms with van der Waals surface area (Å²) in [5, 5.41) is 6.76. The first kappa shape index (κ1) is 23.4. The van der Waals surface area contributed by atoms with E-state index in [0.29, 0.717) is 29.6 Å². The molecule has 27 heavy (non-hydrogen) atoms. The van der Waals surface area contributed by atoms with Crippen molar-refractivity contribution in [2.75, 3.05) is 13.1 Å². The third-order valence-electron chi connectivity index (χ3n) is 3.42. The van der Waals surface area contributed by atoms with E-state index in [1.54, 1.807) is 12.3 Å². The highest BCUT2D eigenvalue weighted by Crippen LogP contribution is 2.25. The van der Waals surface area contributed by atoms with Crippen molar-refractivity contribution >= 4 is 41.5 Å². The van der Waals surface area contributed by atoms with Gasteiger partial charge in [0.05, 0.1) is 6.54 Å². The van der Waals surface area contributed by atoms with Gasteiger partial charge in [0.25, 0.3) is 0 Å². The Hall–Kier alpha value is -1.68. The van der Waals surface area contributed by atoms with E-state index in [4.69, 9.17) is 11.6 Å². The molecule has 0 amide bonds. The second-order valence-corrected chi connectivity index (χ2v) is 5.80. The molecule has 1 heterocycles. The Labute approximate surface area is 179 Å². The first-order valence-electron chi connectivity index (χ1n) is 8.22. The van der Waals surface area contributed by atoms with Gasteiger partial charge in [0, 0.05) is 36.1 Å². The molecule has 148 valence electrons. The van der Waals surface area contributed by atoms with Crippen LogP contribution in [-0.2, 0) is 13.0 Å². The van der Waals surface area contributed by atoms with E-state index in [1.807, 2.05) is 25.3 Å². The lowest BCUT2D eigenvalue weighted by atomic mass is 10.2. The number of rotatable bonds is 8. The normalized spacial score (nSPS) is 11.1. The maximum atomic E-state index is 12.5. The first-order chi connectivity index (χ1) is 12.6. The van der Waals surface area contributed by atoms with Gasteiger partial charge < -0.3 is 15.4 Å². The molecule has 0 atom stereocenters. The second-order valence-electron chi connectivity index (χ2n) is 5.36. The van der Waals surface area contributed by atoms with E-state index in [0.717, 1.165) is 12.0 Å². The molecule has 0 spiro atoms. The summed E-state index contributed by atoms with van der Waals surface area (Å²) in [4.78, 5) is 8.49. The van der Waals surface area contributed by atoms with Gasteiger partial charge in [-0.05, 0) is 43.2 Å². The van der Waals surface area contributed by atoms with Crippen LogP contribution in [0, 0.1) is 0 Å². The average molecular weight is 511 g/mol. The third kappa shape index (κ3) is 8.70. The van der Waals surface area contributed by atoms with Crippen LogP contribution in [0.25, 0.3) is 0 Å². The summed E-state index contributed by atoms with van der Waals surface area (Å²) < 4.78 is 29.6. The van der Waals surface area contributed by atoms with Gasteiger partial charge in [-0.1, -0.05) is 17.7 Å². The maximum Gasteiger partial charge on any atom is 0.387 e. The Balaban J connectivity index is 0.00000364. The summed E-state index contributed by atoms with van der Waals surface area (Å²) in [7, 11) is 0. The van der Waals surface area contributed by atoms with Crippen LogP contribution in [0.2, 0.25) is 5.02 Å². The smallest absolute Gasteiger partial charge is 0.387 e. The zero-order chi connectivity index (χ0) is 18.8. The second kappa shape index (κ2) is 12.7. The van der Waals surface area contributed by atoms with Crippen molar-refractivity contribution in [2.24, 2.45) is 4.99 Å². The lowest BCUT2D eigenvalue weighted by molar-refractivity contribution is -0.0504. The Morgan fingerprint density at radius 2 is 2.11 bits per heavy atom. The minimum atomic E-state index is -2.90. The predicted octanol–water partition coefficient (Wildman–Crippen LogP) is 4.25. The fraction of sp³-hybridized carbons (Fsp3) is 0.333. The molecule has 0 fully saturated rings. The van der Waals surface area contributed by atoms with E-state index in [9.17, 15) is 8.78 Å². The van der Waals surface area contributed by atoms with Gasteiger partial charge in [-0.2, -0.15) is 8.78 Å². The summed E-state index contributed by atoms with van der Waals surface area (Å²) in [6.45, 7) is 0.542. The van der Waals surface area contributed by atoms with Crippen LogP contribution in [0.3, 0.4) is 0 Å². The molecule has 2 aromatic rings. The van der Waals surface area contributed by atoms with Crippen LogP contribution in [0.15, 0.2) is 47.7 Å². The number of hydrogen-bond donors (Lipinski definition) is 2. The highest BCUT2D eigenvalue weighted by atomic mass is 127. The molecule has 2 N–H and O–H groups in total. The van der Waals surface area contributed by atoms with Crippen molar-refractivity contribution in [1.29, 1.82) is 0 Å². The van der Waals surface area contributed by atoms with Crippen LogP contribution in [0.1, 0.15) is 18.1 Å². The minimum absolute atomic E-state index is 0. The number of nitrogens with zero attached hydrogens (tertiary/aromatic N) is 2. The largest absolute Gasteiger partial charge is 0.434 e. The number of alkyl halides is 2. The Morgan fingerprint density at radius 3 is 2.78 bits per heavy atom. The fourth-order valence-electron chi connectivity index (χ4n) is 2.26. The molecule has 5 nitrogen and oxygen atoms in total. The van der Waals surface area contributed by atoms with Crippen molar-refractivity contribution in [2.45, 2.75) is 26.5 Å². The number of guanidine groups is 1. The van der Waals surface area contributed by atoms with Crippen molar-refractivity contribution in [1.82, 2.24) is 15.6 Å². The molecular formula is C18H22ClF2IN4O. The monoisotopic (exact) mass is 510 g/mol. The number of hydrogen-bond acceptors (Lipinski definition) is 3. The highest BCUT2D eigenvalue weighted by molar-refractivity contribution is 14.0. The molecule has 0 aliphatic carbocycles. The highest BCUT2D eigenvalue weighted by Gasteiger charge is 2.10. The number of benzene rings is 1. The molecule has 0 saturated carbocycles. The summed E-state index contributed by atoms with van der Waals surface area (Å²) >= 11 is 5.95. The molecule has 2 rings (SSSR count). The first-order valence-corrected chi connectivity index (χ1v) is 8.60. The van der Waals surface area contributed by atoms with Crippen LogP contribution >= 0.6 is 35.6 Å². The third-order valence-corrected chi connectivity index (χ3v) is 3.65. The van der Waals surface area contributed by atoms with E-state index in [1.165, 1.54) is 12.1 Å². The Morgan fingerprint density at radius 1 is 1.30 bits per heavy atom. The van der Waals surface area contributed by atoms with Gasteiger partial charge in [-0.3, -0.25) is 4.98 Å². The average Bonchev–Trinajstić information content (AvgIpc) is 2.62. The maximum absolute atomic E-state index is 12.5. The van der Waals surface area contributed by atoms with Crippen molar-refractivity contribution < 1.29 is 13.5 Å². The van der Waals surface area contributed by atoms with Gasteiger partial charge in [0.1, 0.15) is 5.75 Å². The molecule has 1 aromatic carbocycles. The molecule has 0 unspecified atom stereocenters. The number of nitrogens with one attached hydrogen (secondary N) is 2. The van der Waals surface area contributed by atoms with Gasteiger partial charge in [0.2, 0.25) is 0 Å². The standard InChI is InChI=1S/C18H21ClF2N4O.HI/c1-2-23-18(24-9-7-13-4-3-8-22-11-13)25-12-14-10-15(19)5-6-16(14)26-17(20)21;/h3-6,8,10-11,17H,2,7,9,12H2,1H3,(H2,23,24,25);1H. The van der Waals surface area contributed by atoms with Crippen molar-refractivity contribution in [3.05, 3.63) is 58.9 Å². The van der Waals surface area contributed by atoms with Gasteiger partial charge in [0.15, 0.2) is 5.96 Å². The number of aliphatic imine (C=N–C) groups is 1. The predicted molar refractivity (Wildman–Crippen MR) is 114 cm³/mol. The summed E-state index contributed by atoms with van der Waals surface area (Å²) in [6.07, 6.45) is 4.33. The summed E-state index contributed by atoms with van der Waals surface area (Å²) in [6, 6.07) is 8.38. The molecule has 0 bridgehead atoms. The molecular weight excluding hydrogens is 489 g/mol. The Bertz CT molecular complexity index is 720. The number of aromatic nitrogens is 1. The molecule has 1 aromatic heterocycles. The quantitative estimate of drug-likeness (QED) is 0.317. The van der Waals surface area contributed by atoms with Crippen LogP contribution < -0.4 is 15.4 Å². The molecule has 0 aliphatic rings. The van der Waals surface area contributed by atoms with Gasteiger partial charge in [-0.15, -0.1) is 24.0 Å². The van der Waals surface area contributed by atoms with Crippen molar-refractivity contribution in [3.8, 4) is 5.75 Å². The van der Waals surface area contributed by atoms with Crippen LogP contribution in [-0.4, -0.2) is 30.6 Å². The van der Waals surface area contributed by atoms with Gasteiger partial charge in [-0.25, -0.2) is 4.99 Å². The number of pyridine rings is 1. The van der Waals surface area contributed by atoms with Crippen LogP contribution in [0.4, 0.5) is 8.78 Å². The van der Waals surface area contributed by atoms with E-state index < -0.39 is 6.61 Å². The molecule has 0 saturated heterocycles. The number of halogens is 4. The topological polar surface area (TPSA) is 58.5 Å². The Kier molecular flexibility index (Phi) is 11.0. The van der Waals surface area contributed by atoms with E-state index in [2.05, 4.69) is 25.3 Å². The SMILES string of the molecule is CCNC(=NCc1cc(Cl)ccc1OC(F)F)NCCc1cccnc1.I. The minimum Gasteiger partial charge on any atom is -0.434 e. The zero-order valence-corrected chi connectivity index (χ0v) is 17.9. The van der Waals surface area contributed by atoms with Gasteiger partial charge >= 0.3 is 6.61 Å². The zero-order valence-electron chi connectivity index (χ0n) is 14.8. The summed E-state index contributed by atoms with van der Waals surface area (Å²) in [5.41, 5.74) is 1.60. The molecule has 9 heteroatoms. The molecule has 0 aliphatic heterocycles.